The summed E-state index contributed by atoms with van der Waals surface area (Å²) in [5.74, 6) is -4.32. The zero-order valence-corrected chi connectivity index (χ0v) is 18.7. The monoisotopic (exact) mass is 468 g/mol. The van der Waals surface area contributed by atoms with E-state index in [-0.39, 0.29) is 12.2 Å². The molecule has 9 N–H and O–H groups in total. The Morgan fingerprint density at radius 2 is 1.42 bits per heavy atom. The number of phenolic OH excluding ortho intramolecular Hbond substituents is 1. The number of carboxylic acid groups (broad SMARTS) is 1. The minimum Gasteiger partial charge on any atom is -0.508 e. The molecule has 3 amide bonds. The molecule has 0 saturated heterocycles. The number of carbonyl (C=O) groups excluding carboxylic acids is 3. The number of amides is 3. The Hall–Kier alpha value is -3.22. The standard InChI is InChI=1S/C21H32N4O8/c1-10(2)16(19(30)23-15(9-26)21(32)33)24-20(31)17(11(3)27)25-18(29)14(22)8-12-4-6-13(28)7-5-12/h4-7,10-11,14-17,26-28H,8-9,22H2,1-3H3,(H,23,30)(H,24,31)(H,25,29)(H,32,33). The van der Waals surface area contributed by atoms with Gasteiger partial charge in [-0.3, -0.25) is 14.4 Å². The summed E-state index contributed by atoms with van der Waals surface area (Å²) in [6, 6.07) is 0.798. The Kier molecular flexibility index (Phi) is 10.7. The highest BCUT2D eigenvalue weighted by Crippen LogP contribution is 2.11. The number of aromatic hydroxyl groups is 1. The summed E-state index contributed by atoms with van der Waals surface area (Å²) >= 11 is 0. The van der Waals surface area contributed by atoms with Gasteiger partial charge in [-0.2, -0.15) is 0 Å². The molecule has 12 nitrogen and oxygen atoms in total. The van der Waals surface area contributed by atoms with Crippen molar-refractivity contribution in [3.63, 3.8) is 0 Å². The first-order chi connectivity index (χ1) is 15.4. The molecule has 1 aromatic rings. The van der Waals surface area contributed by atoms with Crippen molar-refractivity contribution in [3.05, 3.63) is 29.8 Å². The van der Waals surface area contributed by atoms with Crippen LogP contribution in [0.2, 0.25) is 0 Å². The van der Waals surface area contributed by atoms with Crippen molar-refractivity contribution in [2.75, 3.05) is 6.61 Å². The molecule has 0 aliphatic rings. The van der Waals surface area contributed by atoms with E-state index in [1.54, 1.807) is 26.0 Å². The Bertz CT molecular complexity index is 828. The van der Waals surface area contributed by atoms with E-state index < -0.39 is 66.5 Å². The first-order valence-electron chi connectivity index (χ1n) is 10.3. The number of hydrogen-bond acceptors (Lipinski definition) is 8. The van der Waals surface area contributed by atoms with Crippen LogP contribution in [0, 0.1) is 5.92 Å². The molecular formula is C21H32N4O8. The lowest BCUT2D eigenvalue weighted by Crippen LogP contribution is -2.61. The number of hydrogen-bond donors (Lipinski definition) is 8. The van der Waals surface area contributed by atoms with Gasteiger partial charge in [0.1, 0.15) is 23.9 Å². The lowest BCUT2D eigenvalue weighted by molar-refractivity contribution is -0.143. The van der Waals surface area contributed by atoms with Crippen LogP contribution in [0.5, 0.6) is 5.75 Å². The highest BCUT2D eigenvalue weighted by molar-refractivity contribution is 5.94. The second-order valence-electron chi connectivity index (χ2n) is 8.02. The van der Waals surface area contributed by atoms with Gasteiger partial charge < -0.3 is 42.1 Å². The number of rotatable bonds is 12. The number of aliphatic hydroxyl groups excluding tert-OH is 2. The van der Waals surface area contributed by atoms with Gasteiger partial charge in [0.2, 0.25) is 17.7 Å². The molecule has 12 heteroatoms. The molecule has 0 aromatic heterocycles. The first kappa shape index (κ1) is 27.8. The third-order valence-electron chi connectivity index (χ3n) is 4.84. The molecular weight excluding hydrogens is 436 g/mol. The molecule has 0 saturated carbocycles. The molecule has 0 heterocycles. The van der Waals surface area contributed by atoms with Crippen LogP contribution in [-0.2, 0) is 25.6 Å². The van der Waals surface area contributed by atoms with Gasteiger partial charge in [0.25, 0.3) is 0 Å². The lowest BCUT2D eigenvalue weighted by Gasteiger charge is -2.28. The van der Waals surface area contributed by atoms with Crippen LogP contribution in [0.25, 0.3) is 0 Å². The number of aliphatic hydroxyl groups is 2. The van der Waals surface area contributed by atoms with Crippen LogP contribution in [0.4, 0.5) is 0 Å². The van der Waals surface area contributed by atoms with Crippen molar-refractivity contribution in [2.24, 2.45) is 11.7 Å². The van der Waals surface area contributed by atoms with Crippen molar-refractivity contribution in [3.8, 4) is 5.75 Å². The van der Waals surface area contributed by atoms with Crippen LogP contribution in [0.15, 0.2) is 24.3 Å². The summed E-state index contributed by atoms with van der Waals surface area (Å²) in [6.45, 7) is 3.63. The molecule has 0 bridgehead atoms. The number of phenols is 1. The predicted molar refractivity (Wildman–Crippen MR) is 117 cm³/mol. The molecule has 33 heavy (non-hydrogen) atoms. The maximum Gasteiger partial charge on any atom is 0.328 e. The van der Waals surface area contributed by atoms with Gasteiger partial charge in [-0.25, -0.2) is 4.79 Å². The lowest BCUT2D eigenvalue weighted by atomic mass is 10.0. The molecule has 5 atom stereocenters. The van der Waals surface area contributed by atoms with Crippen LogP contribution in [0.3, 0.4) is 0 Å². The van der Waals surface area contributed by atoms with Crippen molar-refractivity contribution < 1.29 is 39.6 Å². The molecule has 0 spiro atoms. The minimum absolute atomic E-state index is 0.0556. The fourth-order valence-corrected chi connectivity index (χ4v) is 2.87. The molecule has 184 valence electrons. The average Bonchev–Trinajstić information content (AvgIpc) is 2.74. The summed E-state index contributed by atoms with van der Waals surface area (Å²) in [5, 5.41) is 44.3. The number of carbonyl (C=O) groups is 4. The first-order valence-corrected chi connectivity index (χ1v) is 10.3. The number of nitrogens with two attached hydrogens (primary N) is 1. The number of carboxylic acids is 1. The van der Waals surface area contributed by atoms with Gasteiger partial charge in [-0.05, 0) is 37.0 Å². The van der Waals surface area contributed by atoms with E-state index >= 15 is 0 Å². The quantitative estimate of drug-likeness (QED) is 0.167. The third kappa shape index (κ3) is 8.67. The molecule has 5 unspecified atom stereocenters. The van der Waals surface area contributed by atoms with E-state index in [1.165, 1.54) is 19.1 Å². The maximum atomic E-state index is 12.7. The van der Waals surface area contributed by atoms with Gasteiger partial charge in [-0.15, -0.1) is 0 Å². The SMILES string of the molecule is CC(C)C(NC(=O)C(NC(=O)C(N)Cc1ccc(O)cc1)C(C)O)C(=O)NC(CO)C(=O)O. The highest BCUT2D eigenvalue weighted by atomic mass is 16.4. The van der Waals surface area contributed by atoms with Crippen molar-refractivity contribution in [1.82, 2.24) is 16.0 Å². The number of nitrogens with one attached hydrogen (secondary N) is 3. The van der Waals surface area contributed by atoms with Crippen LogP contribution >= 0.6 is 0 Å². The topological polar surface area (TPSA) is 211 Å². The normalized spacial score (nSPS) is 15.6. The molecule has 1 rings (SSSR count). The van der Waals surface area contributed by atoms with Crippen molar-refractivity contribution in [2.45, 2.75) is 57.5 Å². The van der Waals surface area contributed by atoms with Gasteiger partial charge in [0.15, 0.2) is 0 Å². The van der Waals surface area contributed by atoms with Crippen LogP contribution in [0.1, 0.15) is 26.3 Å². The molecule has 0 radical (unpaired) electrons. The third-order valence-corrected chi connectivity index (χ3v) is 4.84. The Morgan fingerprint density at radius 3 is 1.88 bits per heavy atom. The van der Waals surface area contributed by atoms with Crippen molar-refractivity contribution in [1.29, 1.82) is 0 Å². The molecule has 0 fully saturated rings. The highest BCUT2D eigenvalue weighted by Gasteiger charge is 2.33. The minimum atomic E-state index is -1.55. The Balaban J connectivity index is 2.86. The van der Waals surface area contributed by atoms with Crippen molar-refractivity contribution >= 4 is 23.7 Å². The van der Waals surface area contributed by atoms with E-state index in [0.29, 0.717) is 5.56 Å². The molecule has 1 aromatic carbocycles. The number of aliphatic carboxylic acids is 1. The Labute approximate surface area is 191 Å². The van der Waals surface area contributed by atoms with E-state index in [4.69, 9.17) is 15.9 Å². The molecule has 0 aliphatic carbocycles. The largest absolute Gasteiger partial charge is 0.508 e. The van der Waals surface area contributed by atoms with Gasteiger partial charge in [-0.1, -0.05) is 26.0 Å². The maximum absolute atomic E-state index is 12.7. The zero-order valence-electron chi connectivity index (χ0n) is 18.7. The second-order valence-corrected chi connectivity index (χ2v) is 8.02. The summed E-state index contributed by atoms with van der Waals surface area (Å²) in [5.41, 5.74) is 6.57. The van der Waals surface area contributed by atoms with E-state index in [1.807, 2.05) is 0 Å². The smallest absolute Gasteiger partial charge is 0.328 e. The molecule has 0 aliphatic heterocycles. The summed E-state index contributed by atoms with van der Waals surface area (Å²) < 4.78 is 0. The zero-order chi connectivity index (χ0) is 25.3. The predicted octanol–water partition coefficient (Wildman–Crippen LogP) is -2.17. The summed E-state index contributed by atoms with van der Waals surface area (Å²) in [7, 11) is 0. The summed E-state index contributed by atoms with van der Waals surface area (Å²) in [6.07, 6.45) is -1.23. The average molecular weight is 469 g/mol. The van der Waals surface area contributed by atoms with E-state index in [0.717, 1.165) is 0 Å². The Morgan fingerprint density at radius 1 is 0.909 bits per heavy atom. The summed E-state index contributed by atoms with van der Waals surface area (Å²) in [4.78, 5) is 48.7. The second kappa shape index (κ2) is 12.7. The van der Waals surface area contributed by atoms with Crippen LogP contribution in [-0.4, -0.2) is 81.0 Å². The van der Waals surface area contributed by atoms with Gasteiger partial charge in [0.05, 0.1) is 18.8 Å². The fourth-order valence-electron chi connectivity index (χ4n) is 2.87. The van der Waals surface area contributed by atoms with Gasteiger partial charge in [0, 0.05) is 0 Å². The van der Waals surface area contributed by atoms with Crippen LogP contribution < -0.4 is 21.7 Å². The van der Waals surface area contributed by atoms with E-state index in [2.05, 4.69) is 16.0 Å². The van der Waals surface area contributed by atoms with E-state index in [9.17, 15) is 29.4 Å². The van der Waals surface area contributed by atoms with Gasteiger partial charge >= 0.3 is 5.97 Å². The fraction of sp³-hybridized carbons (Fsp3) is 0.524. The number of benzene rings is 1.